The zero-order chi connectivity index (χ0) is 20.8. The maximum absolute atomic E-state index is 12.4. The van der Waals surface area contributed by atoms with E-state index in [1.807, 2.05) is 24.3 Å². The molecule has 1 N–H and O–H groups in total. The fraction of sp³-hybridized carbons (Fsp3) is 0.455. The molecule has 0 saturated heterocycles. The van der Waals surface area contributed by atoms with E-state index in [-0.39, 0.29) is 11.9 Å². The molecule has 29 heavy (non-hydrogen) atoms. The lowest BCUT2D eigenvalue weighted by atomic mass is 9.88. The van der Waals surface area contributed by atoms with Gasteiger partial charge in [0.15, 0.2) is 0 Å². The average molecular weight is 418 g/mol. The molecule has 0 bridgehead atoms. The average Bonchev–Trinajstić information content (AvgIpc) is 3.07. The van der Waals surface area contributed by atoms with E-state index in [1.54, 1.807) is 7.11 Å². The molecule has 6 nitrogen and oxygen atoms in total. The molecule has 1 unspecified atom stereocenters. The van der Waals surface area contributed by atoms with Crippen LogP contribution in [0.15, 0.2) is 24.3 Å². The normalized spacial score (nSPS) is 15.3. The number of fused-ring (bicyclic) bond motifs is 1. The van der Waals surface area contributed by atoms with Gasteiger partial charge in [0.05, 0.1) is 26.4 Å². The number of carbonyl (C=O) groups is 2. The Bertz CT molecular complexity index is 859. The smallest absolute Gasteiger partial charge is 0.341 e. The van der Waals surface area contributed by atoms with Gasteiger partial charge in [-0.25, -0.2) is 4.79 Å². The zero-order valence-corrected chi connectivity index (χ0v) is 17.9. The van der Waals surface area contributed by atoms with E-state index in [1.165, 1.54) is 23.3 Å². The third-order valence-corrected chi connectivity index (χ3v) is 6.20. The molecule has 156 valence electrons. The molecule has 0 aliphatic heterocycles. The number of thiophene rings is 1. The second kappa shape index (κ2) is 9.78. The molecule has 0 spiro atoms. The molecular formula is C22H27NO5S. The van der Waals surface area contributed by atoms with Gasteiger partial charge in [-0.3, -0.25) is 4.79 Å². The SMILES string of the molecule is COC(=O)c1c(NC(=O)CCCOc2ccc(OC)cc2)sc2c1CCC(C)C2. The summed E-state index contributed by atoms with van der Waals surface area (Å²) in [6, 6.07) is 7.32. The summed E-state index contributed by atoms with van der Waals surface area (Å²) < 4.78 is 15.7. The van der Waals surface area contributed by atoms with Gasteiger partial charge in [0.25, 0.3) is 0 Å². The van der Waals surface area contributed by atoms with Crippen LogP contribution >= 0.6 is 11.3 Å². The number of carbonyl (C=O) groups excluding carboxylic acids is 2. The highest BCUT2D eigenvalue weighted by molar-refractivity contribution is 7.17. The lowest BCUT2D eigenvalue weighted by Gasteiger charge is -2.18. The van der Waals surface area contributed by atoms with Gasteiger partial charge in [0.1, 0.15) is 16.5 Å². The fourth-order valence-corrected chi connectivity index (χ4v) is 4.86. The first-order chi connectivity index (χ1) is 14.0. The van der Waals surface area contributed by atoms with Crippen LogP contribution in [0.4, 0.5) is 5.00 Å². The van der Waals surface area contributed by atoms with Crippen molar-refractivity contribution in [3.8, 4) is 11.5 Å². The van der Waals surface area contributed by atoms with E-state index in [0.717, 1.165) is 36.3 Å². The van der Waals surface area contributed by atoms with Crippen LogP contribution < -0.4 is 14.8 Å². The Morgan fingerprint density at radius 3 is 2.59 bits per heavy atom. The first-order valence-corrected chi connectivity index (χ1v) is 10.6. The molecular weight excluding hydrogens is 390 g/mol. The summed E-state index contributed by atoms with van der Waals surface area (Å²) in [6.45, 7) is 2.64. The highest BCUT2D eigenvalue weighted by Crippen LogP contribution is 2.40. The van der Waals surface area contributed by atoms with E-state index in [4.69, 9.17) is 14.2 Å². The van der Waals surface area contributed by atoms with Crippen LogP contribution in [0.3, 0.4) is 0 Å². The number of ether oxygens (including phenoxy) is 3. The maximum atomic E-state index is 12.4. The molecule has 0 fully saturated rings. The van der Waals surface area contributed by atoms with Crippen molar-refractivity contribution in [1.82, 2.24) is 0 Å². The van der Waals surface area contributed by atoms with Crippen molar-refractivity contribution >= 4 is 28.2 Å². The van der Waals surface area contributed by atoms with Crippen molar-refractivity contribution in [1.29, 1.82) is 0 Å². The van der Waals surface area contributed by atoms with Crippen molar-refractivity contribution in [2.45, 2.75) is 39.0 Å². The lowest BCUT2D eigenvalue weighted by molar-refractivity contribution is -0.116. The van der Waals surface area contributed by atoms with E-state index in [9.17, 15) is 9.59 Å². The summed E-state index contributed by atoms with van der Waals surface area (Å²) in [5.41, 5.74) is 1.57. The minimum atomic E-state index is -0.379. The number of methoxy groups -OCH3 is 2. The van der Waals surface area contributed by atoms with Crippen molar-refractivity contribution in [2.75, 3.05) is 26.1 Å². The standard InChI is InChI=1S/C22H27NO5S/c1-14-6-11-17-18(13-14)29-21(20(17)22(25)27-3)23-19(24)5-4-12-28-16-9-7-15(26-2)8-10-16/h7-10,14H,4-6,11-13H2,1-3H3,(H,23,24). The second-order valence-electron chi connectivity index (χ2n) is 7.22. The van der Waals surface area contributed by atoms with E-state index in [0.29, 0.717) is 35.9 Å². The van der Waals surface area contributed by atoms with Gasteiger partial charge in [0.2, 0.25) is 5.91 Å². The molecule has 0 saturated carbocycles. The molecule has 1 amide bonds. The molecule has 1 aliphatic carbocycles. The largest absolute Gasteiger partial charge is 0.497 e. The molecule has 7 heteroatoms. The van der Waals surface area contributed by atoms with Crippen LogP contribution in [-0.2, 0) is 22.4 Å². The van der Waals surface area contributed by atoms with Crippen LogP contribution in [0.2, 0.25) is 0 Å². The maximum Gasteiger partial charge on any atom is 0.341 e. The van der Waals surface area contributed by atoms with Gasteiger partial charge in [-0.05, 0) is 61.4 Å². The third kappa shape index (κ3) is 5.29. The molecule has 1 aromatic carbocycles. The molecule has 3 rings (SSSR count). The van der Waals surface area contributed by atoms with Gasteiger partial charge >= 0.3 is 5.97 Å². The van der Waals surface area contributed by atoms with Crippen LogP contribution in [0.1, 0.15) is 47.0 Å². The second-order valence-corrected chi connectivity index (χ2v) is 8.33. The van der Waals surface area contributed by atoms with Crippen molar-refractivity contribution < 1.29 is 23.8 Å². The number of esters is 1. The zero-order valence-electron chi connectivity index (χ0n) is 17.1. The highest BCUT2D eigenvalue weighted by atomic mass is 32.1. The van der Waals surface area contributed by atoms with Crippen molar-refractivity contribution in [3.63, 3.8) is 0 Å². The number of rotatable bonds is 8. The number of hydrogen-bond acceptors (Lipinski definition) is 6. The van der Waals surface area contributed by atoms with Gasteiger partial charge in [-0.15, -0.1) is 11.3 Å². The first kappa shape index (κ1) is 21.2. The Labute approximate surface area is 175 Å². The van der Waals surface area contributed by atoms with Crippen LogP contribution in [0.5, 0.6) is 11.5 Å². The predicted molar refractivity (Wildman–Crippen MR) is 113 cm³/mol. The van der Waals surface area contributed by atoms with E-state index in [2.05, 4.69) is 12.2 Å². The van der Waals surface area contributed by atoms with E-state index >= 15 is 0 Å². The van der Waals surface area contributed by atoms with Crippen LogP contribution in [0, 0.1) is 5.92 Å². The summed E-state index contributed by atoms with van der Waals surface area (Å²) in [4.78, 5) is 25.9. The molecule has 1 atom stereocenters. The number of benzene rings is 1. The monoisotopic (exact) mass is 417 g/mol. The molecule has 2 aromatic rings. The molecule has 1 aromatic heterocycles. The summed E-state index contributed by atoms with van der Waals surface area (Å²) in [5, 5.41) is 3.53. The fourth-order valence-electron chi connectivity index (χ4n) is 3.44. The Morgan fingerprint density at radius 1 is 1.17 bits per heavy atom. The summed E-state index contributed by atoms with van der Waals surface area (Å²) in [6.07, 6.45) is 3.73. The van der Waals surface area contributed by atoms with Crippen molar-refractivity contribution in [3.05, 3.63) is 40.3 Å². The third-order valence-electron chi connectivity index (χ3n) is 5.03. The Kier molecular flexibility index (Phi) is 7.14. The molecule has 0 radical (unpaired) electrons. The quantitative estimate of drug-likeness (QED) is 0.507. The van der Waals surface area contributed by atoms with Gasteiger partial charge in [-0.1, -0.05) is 6.92 Å². The van der Waals surface area contributed by atoms with Crippen molar-refractivity contribution in [2.24, 2.45) is 5.92 Å². The van der Waals surface area contributed by atoms with Crippen LogP contribution in [0.25, 0.3) is 0 Å². The Hall–Kier alpha value is -2.54. The van der Waals surface area contributed by atoms with E-state index < -0.39 is 0 Å². The Balaban J connectivity index is 1.55. The lowest BCUT2D eigenvalue weighted by Crippen LogP contribution is -2.16. The van der Waals surface area contributed by atoms with Gasteiger partial charge < -0.3 is 19.5 Å². The first-order valence-electron chi connectivity index (χ1n) is 9.81. The number of hydrogen-bond donors (Lipinski definition) is 1. The van der Waals surface area contributed by atoms with Crippen LogP contribution in [-0.4, -0.2) is 32.7 Å². The molecule has 1 heterocycles. The summed E-state index contributed by atoms with van der Waals surface area (Å²) in [5.74, 6) is 1.59. The van der Waals surface area contributed by atoms with Gasteiger partial charge in [-0.2, -0.15) is 0 Å². The topological polar surface area (TPSA) is 73.9 Å². The summed E-state index contributed by atoms with van der Waals surface area (Å²) in [7, 11) is 2.99. The Morgan fingerprint density at radius 2 is 1.90 bits per heavy atom. The molecule has 1 aliphatic rings. The summed E-state index contributed by atoms with van der Waals surface area (Å²) >= 11 is 1.50. The number of amides is 1. The minimum Gasteiger partial charge on any atom is -0.497 e. The highest BCUT2D eigenvalue weighted by Gasteiger charge is 2.28. The number of anilines is 1. The minimum absolute atomic E-state index is 0.125. The number of nitrogens with one attached hydrogen (secondary N) is 1. The van der Waals surface area contributed by atoms with Gasteiger partial charge in [0, 0.05) is 11.3 Å². The predicted octanol–water partition coefficient (Wildman–Crippen LogP) is 4.47.